The van der Waals surface area contributed by atoms with Gasteiger partial charge in [-0.15, -0.1) is 3.89 Å². The van der Waals surface area contributed by atoms with Crippen molar-refractivity contribution in [3.63, 3.8) is 0 Å². The summed E-state index contributed by atoms with van der Waals surface area (Å²) in [5.74, 6) is 0. The summed E-state index contributed by atoms with van der Waals surface area (Å²) >= 11 is 0.0163. The lowest BCUT2D eigenvalue weighted by Gasteiger charge is -2.00. The minimum Gasteiger partial charge on any atom is -0.423 e. The monoisotopic (exact) mass is 212 g/mol. The molecule has 7 heteroatoms. The second kappa shape index (κ2) is 3.60. The van der Waals surface area contributed by atoms with Crippen molar-refractivity contribution in [3.05, 3.63) is 24.5 Å². The van der Waals surface area contributed by atoms with Crippen LogP contribution in [0.3, 0.4) is 0 Å². The van der Waals surface area contributed by atoms with Gasteiger partial charge < -0.3 is 10.0 Å². The van der Waals surface area contributed by atoms with Crippen molar-refractivity contribution in [2.24, 2.45) is 0 Å². The van der Waals surface area contributed by atoms with Gasteiger partial charge in [-0.25, -0.2) is 8.96 Å². The molecule has 2 N–H and O–H groups in total. The number of hydrogen-bond acceptors (Lipinski definition) is 4. The van der Waals surface area contributed by atoms with Gasteiger partial charge in [0.05, 0.1) is 11.0 Å². The van der Waals surface area contributed by atoms with Gasteiger partial charge in [0.2, 0.25) is 0 Å². The van der Waals surface area contributed by atoms with Gasteiger partial charge in [-0.1, -0.05) is 12.1 Å². The van der Waals surface area contributed by atoms with Crippen LogP contribution >= 0.6 is 12.3 Å². The molecule has 1 heterocycles. The summed E-state index contributed by atoms with van der Waals surface area (Å²) in [7, 11) is -1.59. The Kier molecular flexibility index (Phi) is 2.45. The number of nitrogens with zero attached hydrogens (tertiary/aromatic N) is 2. The molecule has 1 aromatic heterocycles. The lowest BCUT2D eigenvalue weighted by molar-refractivity contribution is 0.426. The first-order chi connectivity index (χ1) is 6.74. The van der Waals surface area contributed by atoms with E-state index < -0.39 is 7.12 Å². The summed E-state index contributed by atoms with van der Waals surface area (Å²) in [6, 6.07) is 4.81. The zero-order chi connectivity index (χ0) is 10.1. The van der Waals surface area contributed by atoms with Gasteiger partial charge in [-0.3, -0.25) is 0 Å². The van der Waals surface area contributed by atoms with Crippen molar-refractivity contribution in [2.75, 3.05) is 0 Å². The van der Waals surface area contributed by atoms with E-state index in [0.717, 1.165) is 0 Å². The highest BCUT2D eigenvalue weighted by Crippen LogP contribution is 2.17. The highest BCUT2D eigenvalue weighted by Gasteiger charge is 2.17. The van der Waals surface area contributed by atoms with Crippen molar-refractivity contribution < 1.29 is 13.9 Å². The Bertz CT molecular complexity index is 462. The number of hydrogen-bond donors (Lipinski definition) is 2. The first-order valence-electron chi connectivity index (χ1n) is 3.85. The fourth-order valence-electron chi connectivity index (χ4n) is 1.30. The Labute approximate surface area is 84.0 Å². The average Bonchev–Trinajstić information content (AvgIpc) is 2.59. The number of benzene rings is 1. The van der Waals surface area contributed by atoms with Gasteiger partial charge in [-0.2, -0.15) is 0 Å². The Morgan fingerprint density at radius 1 is 1.43 bits per heavy atom. The molecule has 0 spiro atoms. The van der Waals surface area contributed by atoms with E-state index in [1.54, 1.807) is 12.1 Å². The van der Waals surface area contributed by atoms with Crippen molar-refractivity contribution in [1.82, 2.24) is 8.96 Å². The predicted molar refractivity (Wildman–Crippen MR) is 53.7 cm³/mol. The smallest absolute Gasteiger partial charge is 0.423 e. The van der Waals surface area contributed by atoms with E-state index in [0.29, 0.717) is 11.0 Å². The number of imidazole rings is 1. The number of para-hydroxylation sites is 1. The van der Waals surface area contributed by atoms with Crippen LogP contribution in [0.15, 0.2) is 24.5 Å². The predicted octanol–water partition coefficient (Wildman–Crippen LogP) is 0.0969. The molecule has 0 aliphatic carbocycles. The van der Waals surface area contributed by atoms with E-state index in [4.69, 9.17) is 10.0 Å². The number of fused-ring (bicyclic) bond motifs is 1. The van der Waals surface area contributed by atoms with Gasteiger partial charge in [0, 0.05) is 5.46 Å². The molecule has 2 aromatic rings. The van der Waals surface area contributed by atoms with Crippen molar-refractivity contribution >= 4 is 35.9 Å². The topological polar surface area (TPSA) is 58.3 Å². The van der Waals surface area contributed by atoms with E-state index in [1.807, 2.05) is 0 Å². The number of rotatable bonds is 2. The zero-order valence-corrected chi connectivity index (χ0v) is 7.78. The molecule has 0 saturated heterocycles. The molecule has 1 aromatic carbocycles. The molecule has 2 rings (SSSR count). The fraction of sp³-hybridized carbons (Fsp3) is 0. The molecule has 14 heavy (non-hydrogen) atoms. The molecule has 0 fully saturated rings. The number of aromatic nitrogens is 2. The Morgan fingerprint density at radius 3 is 2.86 bits per heavy atom. The highest BCUT2D eigenvalue weighted by atomic mass is 32.2. The molecule has 0 aliphatic heterocycles. The van der Waals surface area contributed by atoms with Gasteiger partial charge in [0.25, 0.3) is 0 Å². The second-order valence-corrected chi connectivity index (χ2v) is 3.26. The summed E-state index contributed by atoms with van der Waals surface area (Å²) in [5.41, 5.74) is 1.19. The Balaban J connectivity index is 2.70. The van der Waals surface area contributed by atoms with Crippen LogP contribution in [0.2, 0.25) is 0 Å². The second-order valence-electron chi connectivity index (χ2n) is 2.73. The molecular weight excluding hydrogens is 206 g/mol. The Hall–Kier alpha value is -1.05. The molecule has 0 aliphatic rings. The quantitative estimate of drug-likeness (QED) is 0.693. The van der Waals surface area contributed by atoms with Crippen LogP contribution in [0.4, 0.5) is 3.89 Å². The van der Waals surface area contributed by atoms with Crippen LogP contribution in [0.1, 0.15) is 0 Å². The van der Waals surface area contributed by atoms with Crippen molar-refractivity contribution in [1.29, 1.82) is 0 Å². The highest BCUT2D eigenvalue weighted by molar-refractivity contribution is 7.92. The van der Waals surface area contributed by atoms with E-state index in [-0.39, 0.29) is 17.8 Å². The third kappa shape index (κ3) is 1.39. The number of halogens is 1. The van der Waals surface area contributed by atoms with Crippen LogP contribution < -0.4 is 5.46 Å². The zero-order valence-electron chi connectivity index (χ0n) is 6.96. The van der Waals surface area contributed by atoms with Gasteiger partial charge >= 0.3 is 7.12 Å². The van der Waals surface area contributed by atoms with Crippen molar-refractivity contribution in [2.45, 2.75) is 0 Å². The first-order valence-corrected chi connectivity index (χ1v) is 4.52. The summed E-state index contributed by atoms with van der Waals surface area (Å²) in [6.07, 6.45) is 1.29. The SMILES string of the molecule is OB(O)c1cccc2c1ncn2SF. The first kappa shape index (κ1) is 9.51. The van der Waals surface area contributed by atoms with Gasteiger partial charge in [0.15, 0.2) is 12.3 Å². The van der Waals surface area contributed by atoms with E-state index in [9.17, 15) is 3.89 Å². The largest absolute Gasteiger partial charge is 0.490 e. The standard InChI is InChI=1S/C7H6BFN2O2S/c9-14-11-4-10-7-5(8(12)13)2-1-3-6(7)11/h1-4,12-13H. The molecule has 0 bridgehead atoms. The molecule has 4 nitrogen and oxygen atoms in total. The van der Waals surface area contributed by atoms with E-state index >= 15 is 0 Å². The third-order valence-electron chi connectivity index (χ3n) is 1.93. The molecule has 72 valence electrons. The summed E-state index contributed by atoms with van der Waals surface area (Å²) in [4.78, 5) is 3.89. The van der Waals surface area contributed by atoms with Crippen LogP contribution in [-0.2, 0) is 0 Å². The molecule has 0 unspecified atom stereocenters. The minimum atomic E-state index is -1.59. The normalized spacial score (nSPS) is 10.8. The van der Waals surface area contributed by atoms with Crippen LogP contribution in [-0.4, -0.2) is 26.1 Å². The van der Waals surface area contributed by atoms with Crippen molar-refractivity contribution in [3.8, 4) is 0 Å². The molecule has 0 atom stereocenters. The molecular formula is C7H6BFN2O2S. The summed E-state index contributed by atoms with van der Waals surface area (Å²) < 4.78 is 13.5. The minimum absolute atomic E-state index is 0.0163. The molecule has 0 amide bonds. The average molecular weight is 212 g/mol. The third-order valence-corrected chi connectivity index (χ3v) is 2.37. The maximum Gasteiger partial charge on any atom is 0.490 e. The maximum absolute atomic E-state index is 12.3. The van der Waals surface area contributed by atoms with E-state index in [2.05, 4.69) is 4.98 Å². The maximum atomic E-state index is 12.3. The van der Waals surface area contributed by atoms with Gasteiger partial charge in [-0.05, 0) is 6.07 Å². The fourth-order valence-corrected chi connectivity index (χ4v) is 1.61. The van der Waals surface area contributed by atoms with Crippen LogP contribution in [0.5, 0.6) is 0 Å². The van der Waals surface area contributed by atoms with Crippen LogP contribution in [0, 0.1) is 0 Å². The van der Waals surface area contributed by atoms with Gasteiger partial charge in [0.1, 0.15) is 6.33 Å². The Morgan fingerprint density at radius 2 is 2.21 bits per heavy atom. The summed E-state index contributed by atoms with van der Waals surface area (Å²) in [5, 5.41) is 18.0. The summed E-state index contributed by atoms with van der Waals surface area (Å²) in [6.45, 7) is 0. The molecule has 0 saturated carbocycles. The van der Waals surface area contributed by atoms with Crippen LogP contribution in [0.25, 0.3) is 11.0 Å². The molecule has 0 radical (unpaired) electrons. The lowest BCUT2D eigenvalue weighted by Crippen LogP contribution is -2.30. The van der Waals surface area contributed by atoms with E-state index in [1.165, 1.54) is 16.4 Å². The lowest BCUT2D eigenvalue weighted by atomic mass is 9.79.